The average molecular weight is 1940 g/mol. The van der Waals surface area contributed by atoms with Gasteiger partial charge in [0.1, 0.15) is 75.7 Å². The molecule has 0 saturated carbocycles. The van der Waals surface area contributed by atoms with Crippen LogP contribution in [-0.4, -0.2) is 19.9 Å². The molecule has 0 amide bonds. The molecule has 0 bridgehead atoms. The fourth-order valence-electron chi connectivity index (χ4n) is 16.2. The van der Waals surface area contributed by atoms with Gasteiger partial charge in [-0.25, -0.2) is 32.4 Å². The Balaban J connectivity index is 0.000000346. The highest BCUT2D eigenvalue weighted by Crippen LogP contribution is 2.42. The fourth-order valence-corrected chi connectivity index (χ4v) is 16.2. The number of hydrogen-bond acceptors (Lipinski definition) is 9. The van der Waals surface area contributed by atoms with E-state index in [1.165, 1.54) is 66.7 Å². The summed E-state index contributed by atoms with van der Waals surface area (Å²) in [6.45, 7) is 60.7. The maximum atomic E-state index is 6.16. The summed E-state index contributed by atoms with van der Waals surface area (Å²) in [5, 5.41) is 10.0. The van der Waals surface area contributed by atoms with E-state index < -0.39 is 0 Å². The number of furan rings is 5. The molecule has 22 aromatic rings. The van der Waals surface area contributed by atoms with Gasteiger partial charge >= 0.3 is 0 Å². The third-order valence-corrected chi connectivity index (χ3v) is 22.3. The maximum absolute atomic E-state index is 6.16. The highest BCUT2D eigenvalue weighted by atomic mass is 16.3. The van der Waals surface area contributed by atoms with E-state index in [9.17, 15) is 0 Å². The van der Waals surface area contributed by atoms with E-state index in [4.69, 9.17) is 22.1 Å². The average Bonchev–Trinajstić information content (AvgIpc) is 1.63. The second-order valence-corrected chi connectivity index (χ2v) is 30.1. The molecular formula is C129H166N10O5+6. The van der Waals surface area contributed by atoms with Crippen LogP contribution in [0.25, 0.3) is 177 Å². The lowest BCUT2D eigenvalue weighted by Gasteiger charge is -2.04. The van der Waals surface area contributed by atoms with Gasteiger partial charge in [0, 0.05) is 158 Å². The Morgan fingerprint density at radius 2 is 0.472 bits per heavy atom. The van der Waals surface area contributed by atoms with Gasteiger partial charge in [-0.3, -0.25) is 15.0 Å². The molecule has 15 heteroatoms. The smallest absolute Gasteiger partial charge is 0.227 e. The van der Waals surface area contributed by atoms with E-state index >= 15 is 0 Å². The topological polar surface area (TPSA) is 141 Å². The molecule has 0 atom stereocenters. The summed E-state index contributed by atoms with van der Waals surface area (Å²) in [7, 11) is 12.3. The lowest BCUT2D eigenvalue weighted by molar-refractivity contribution is -0.660. The minimum Gasteiger partial charge on any atom is -0.455 e. The second kappa shape index (κ2) is 63.8. The van der Waals surface area contributed by atoms with Crippen LogP contribution in [0, 0.1) is 41.5 Å². The van der Waals surface area contributed by atoms with Crippen LogP contribution in [0.5, 0.6) is 0 Å². The summed E-state index contributed by atoms with van der Waals surface area (Å²) in [4.78, 5) is 17.2. The van der Waals surface area contributed by atoms with Crippen LogP contribution in [0.4, 0.5) is 0 Å². The van der Waals surface area contributed by atoms with Crippen molar-refractivity contribution in [1.82, 2.24) is 19.9 Å². The highest BCUT2D eigenvalue weighted by molar-refractivity contribution is 6.13. The number of para-hydroxylation sites is 1. The lowest BCUT2D eigenvalue weighted by Crippen LogP contribution is -2.30. The van der Waals surface area contributed by atoms with Crippen LogP contribution < -0.4 is 27.4 Å². The molecule has 7 aromatic carbocycles. The summed E-state index contributed by atoms with van der Waals surface area (Å²) < 4.78 is 43.3. The largest absolute Gasteiger partial charge is 0.455 e. The van der Waals surface area contributed by atoms with Crippen molar-refractivity contribution in [3.05, 3.63) is 363 Å². The lowest BCUT2D eigenvalue weighted by atomic mass is 10.0. The number of fused-ring (bicyclic) bond motifs is 15. The van der Waals surface area contributed by atoms with E-state index in [1.807, 2.05) is 251 Å². The van der Waals surface area contributed by atoms with Crippen molar-refractivity contribution in [2.75, 3.05) is 0 Å². The third-order valence-electron chi connectivity index (χ3n) is 22.3. The number of hydrogen-bond donors (Lipinski definition) is 0. The maximum Gasteiger partial charge on any atom is 0.227 e. The van der Waals surface area contributed by atoms with Crippen molar-refractivity contribution >= 4 is 110 Å². The first-order valence-corrected chi connectivity index (χ1v) is 51.8. The molecule has 15 nitrogen and oxygen atoms in total. The Morgan fingerprint density at radius 1 is 0.194 bits per heavy atom. The van der Waals surface area contributed by atoms with Gasteiger partial charge in [0.25, 0.3) is 0 Å². The molecule has 0 radical (unpaired) electrons. The van der Waals surface area contributed by atoms with Crippen LogP contribution in [0.1, 0.15) is 207 Å². The zero-order valence-corrected chi connectivity index (χ0v) is 92.7. The third kappa shape index (κ3) is 28.5. The molecular weight excluding hydrogens is 1770 g/mol. The molecule has 15 heterocycles. The Morgan fingerprint density at radius 3 is 0.875 bits per heavy atom. The summed E-state index contributed by atoms with van der Waals surface area (Å²) in [5.74, 6) is 0. The Labute approximate surface area is 861 Å². The summed E-state index contributed by atoms with van der Waals surface area (Å²) >= 11 is 0. The van der Waals surface area contributed by atoms with E-state index in [0.717, 1.165) is 138 Å². The Bertz CT molecular complexity index is 6600. The molecule has 22 rings (SSSR count). The molecule has 0 spiro atoms. The van der Waals surface area contributed by atoms with Crippen LogP contribution in [0.3, 0.4) is 0 Å². The van der Waals surface area contributed by atoms with Gasteiger partial charge in [-0.15, -0.1) is 0 Å². The molecule has 0 unspecified atom stereocenters. The number of rotatable bonds is 6. The summed E-state index contributed by atoms with van der Waals surface area (Å²) in [6.07, 6.45) is 23.1. The monoisotopic (exact) mass is 1940 g/mol. The zero-order chi connectivity index (χ0) is 106. The Hall–Kier alpha value is -15.0. The Kier molecular flexibility index (Phi) is 53.7. The minimum atomic E-state index is 0. The van der Waals surface area contributed by atoms with E-state index in [1.54, 1.807) is 31.0 Å². The first kappa shape index (κ1) is 121. The normalized spacial score (nSPS) is 9.75. The van der Waals surface area contributed by atoms with Gasteiger partial charge in [0.2, 0.25) is 39.9 Å². The zero-order valence-electron chi connectivity index (χ0n) is 92.7. The van der Waals surface area contributed by atoms with Gasteiger partial charge in [0.15, 0.2) is 59.5 Å². The fraction of sp³-hybridized carbons (Fsp3) is 0.287. The molecule has 144 heavy (non-hydrogen) atoms. The van der Waals surface area contributed by atoms with Gasteiger partial charge in [-0.1, -0.05) is 265 Å². The molecule has 0 aliphatic carbocycles. The first-order valence-electron chi connectivity index (χ1n) is 51.8. The molecule has 15 aromatic heterocycles. The van der Waals surface area contributed by atoms with Crippen LogP contribution in [0.2, 0.25) is 0 Å². The van der Waals surface area contributed by atoms with Crippen molar-refractivity contribution in [3.63, 3.8) is 0 Å². The van der Waals surface area contributed by atoms with Gasteiger partial charge in [-0.2, -0.15) is 0 Å². The van der Waals surface area contributed by atoms with Crippen LogP contribution in [-0.2, 0) is 42.3 Å². The predicted octanol–water partition coefficient (Wildman–Crippen LogP) is 34.9. The number of aromatic nitrogens is 10. The van der Waals surface area contributed by atoms with Crippen molar-refractivity contribution in [2.45, 2.75) is 215 Å². The molecule has 0 fully saturated rings. The molecule has 0 aliphatic rings. The van der Waals surface area contributed by atoms with Crippen molar-refractivity contribution < 1.29 is 49.5 Å². The summed E-state index contributed by atoms with van der Waals surface area (Å²) in [6, 6.07) is 87.1. The number of aryl methyl sites for hydroxylation is 12. The summed E-state index contributed by atoms with van der Waals surface area (Å²) in [5.41, 5.74) is 31.1. The number of nitrogens with zero attached hydrogens (tertiary/aromatic N) is 10. The predicted molar refractivity (Wildman–Crippen MR) is 617 cm³/mol. The molecule has 0 saturated heterocycles. The molecule has 0 aliphatic heterocycles. The number of benzene rings is 7. The van der Waals surface area contributed by atoms with E-state index in [2.05, 4.69) is 344 Å². The standard InChI is InChI=1S/C19H16NO.4C18H15N2O.C13H14N.12C2H6.CH4/c1-13-10-11-15-14-7-3-4-9-17(14)21-19(15)18(13)16-8-5-6-12-20(16)2;1-12-8-9-13-14-6-5-10-19-18(14)21-17(13)16(12)15-7-3-4-11-20(15)2;1-12-8-9-13-17-15(7-5-10-19-17)21-18(13)16(12)14-6-3-4-11-20(14)2;1-12-6-7-14-13-8-9-19-11-16(13)21-18(14)17(12)15-5-3-4-10-20(15)2;1-12-6-7-13-14-11-19-9-8-16(14)21-18(13)17(12)15-5-3-4-10-20(15)2;1-11-7-3-4-8-12(11)13-9-5-6-10-14(13)2;12*1-2;/h3-12H,1-2H3;4*3-11H,1-2H3;3-10H,1-2H3;12*1-2H3;1H4/q6*+1;;;;;;;;;;;;;. The number of pyridine rings is 10. The van der Waals surface area contributed by atoms with E-state index in [-0.39, 0.29) is 7.43 Å². The van der Waals surface area contributed by atoms with Crippen LogP contribution in [0.15, 0.2) is 351 Å². The van der Waals surface area contributed by atoms with Crippen molar-refractivity contribution in [3.8, 4) is 67.5 Å². The molecule has 0 N–H and O–H groups in total. The molecule has 756 valence electrons. The SMILES string of the molecule is C.CC.CC.CC.CC.CC.CC.CC.CC.CC.CC.CC.CC.Cc1ccc2c(oc3ccccc32)c1-c1cccc[n+]1C.Cc1ccc2c(oc3cccnc32)c1-c1cccc[n+]1C.Cc1ccc2c(oc3ccncc32)c1-c1cccc[n+]1C.Cc1ccc2c(oc3cnccc32)c1-c1cccc[n+]1C.Cc1ccc2c(oc3ncccc32)c1-c1cccc[n+]1C.Cc1ccccc1-c1cccc[n+]1C. The van der Waals surface area contributed by atoms with E-state index in [0.29, 0.717) is 5.71 Å². The van der Waals surface area contributed by atoms with Gasteiger partial charge < -0.3 is 22.1 Å². The van der Waals surface area contributed by atoms with Crippen LogP contribution >= 0.6 is 0 Å². The van der Waals surface area contributed by atoms with Gasteiger partial charge in [-0.05, 0) is 166 Å². The quantitative estimate of drug-likeness (QED) is 0.149. The highest BCUT2D eigenvalue weighted by Gasteiger charge is 2.27. The van der Waals surface area contributed by atoms with Crippen molar-refractivity contribution in [1.29, 1.82) is 0 Å². The van der Waals surface area contributed by atoms with Crippen molar-refractivity contribution in [2.24, 2.45) is 42.3 Å². The second-order valence-electron chi connectivity index (χ2n) is 30.1. The first-order chi connectivity index (χ1) is 70.1. The minimum absolute atomic E-state index is 0. The van der Waals surface area contributed by atoms with Gasteiger partial charge in [0.05, 0.1) is 34.0 Å².